The number of carbonyl (C=O) groups excluding carboxylic acids is 1. The van der Waals surface area contributed by atoms with Gasteiger partial charge in [0.2, 0.25) is 0 Å². The van der Waals surface area contributed by atoms with Gasteiger partial charge in [0.25, 0.3) is 0 Å². The van der Waals surface area contributed by atoms with E-state index in [0.717, 1.165) is 25.5 Å². The molecule has 0 saturated carbocycles. The van der Waals surface area contributed by atoms with E-state index in [1.54, 1.807) is 4.90 Å². The molecular weight excluding hydrogens is 295 g/mol. The van der Waals surface area contributed by atoms with Crippen molar-refractivity contribution in [3.05, 3.63) is 29.8 Å². The van der Waals surface area contributed by atoms with Crippen molar-refractivity contribution in [2.45, 2.75) is 19.0 Å². The molecule has 4 nitrogen and oxygen atoms in total. The molecule has 1 unspecified atom stereocenters. The Morgan fingerprint density at radius 3 is 2.77 bits per heavy atom. The summed E-state index contributed by atoms with van der Waals surface area (Å²) < 4.78 is 38.8. The number of piperidine rings is 1. The highest BCUT2D eigenvalue weighted by atomic mass is 19.4. The van der Waals surface area contributed by atoms with Crippen molar-refractivity contribution in [1.29, 1.82) is 0 Å². The summed E-state index contributed by atoms with van der Waals surface area (Å²) in [4.78, 5) is 13.8. The third-order valence-electron chi connectivity index (χ3n) is 3.77. The van der Waals surface area contributed by atoms with Gasteiger partial charge >= 0.3 is 12.2 Å². The van der Waals surface area contributed by atoms with Gasteiger partial charge in [0, 0.05) is 13.1 Å². The van der Waals surface area contributed by atoms with Gasteiger partial charge in [0.15, 0.2) is 0 Å². The lowest BCUT2D eigenvalue weighted by atomic mass is 9.98. The second kappa shape index (κ2) is 7.00. The number of urea groups is 1. The van der Waals surface area contributed by atoms with Gasteiger partial charge in [0.05, 0.1) is 11.3 Å². The molecule has 0 aliphatic carbocycles. The van der Waals surface area contributed by atoms with Crippen LogP contribution in [0.2, 0.25) is 0 Å². The zero-order valence-corrected chi connectivity index (χ0v) is 12.4. The molecule has 1 aliphatic rings. The monoisotopic (exact) mass is 315 g/mol. The third kappa shape index (κ3) is 4.13. The van der Waals surface area contributed by atoms with Gasteiger partial charge in [0.1, 0.15) is 0 Å². The maximum absolute atomic E-state index is 12.9. The molecule has 1 aromatic rings. The molecule has 1 heterocycles. The highest BCUT2D eigenvalue weighted by Gasteiger charge is 2.34. The number of hydrogen-bond acceptors (Lipinski definition) is 2. The van der Waals surface area contributed by atoms with Crippen LogP contribution in [0.3, 0.4) is 0 Å². The van der Waals surface area contributed by atoms with E-state index in [9.17, 15) is 18.0 Å². The second-order valence-electron chi connectivity index (χ2n) is 5.49. The van der Waals surface area contributed by atoms with Crippen molar-refractivity contribution in [2.75, 3.05) is 32.0 Å². The number of nitrogens with zero attached hydrogens (tertiary/aromatic N) is 1. The molecule has 2 N–H and O–H groups in total. The molecule has 0 spiro atoms. The van der Waals surface area contributed by atoms with E-state index in [2.05, 4.69) is 10.6 Å². The van der Waals surface area contributed by atoms with Crippen molar-refractivity contribution < 1.29 is 18.0 Å². The Hall–Kier alpha value is -1.76. The summed E-state index contributed by atoms with van der Waals surface area (Å²) in [6.07, 6.45) is -2.61. The van der Waals surface area contributed by atoms with Gasteiger partial charge in [-0.2, -0.15) is 13.2 Å². The molecule has 1 atom stereocenters. The quantitative estimate of drug-likeness (QED) is 0.900. The number of likely N-dealkylation sites (tertiary alicyclic amines) is 1. The number of alkyl halides is 3. The number of carbonyl (C=O) groups is 1. The molecule has 0 bridgehead atoms. The molecule has 7 heteroatoms. The van der Waals surface area contributed by atoms with E-state index in [-0.39, 0.29) is 5.69 Å². The summed E-state index contributed by atoms with van der Waals surface area (Å²) in [7, 11) is 1.85. The Labute approximate surface area is 127 Å². The van der Waals surface area contributed by atoms with Gasteiger partial charge in [-0.25, -0.2) is 4.79 Å². The molecule has 0 aromatic heterocycles. The molecule has 22 heavy (non-hydrogen) atoms. The van der Waals surface area contributed by atoms with Crippen LogP contribution < -0.4 is 10.6 Å². The summed E-state index contributed by atoms with van der Waals surface area (Å²) in [6.45, 7) is 1.92. The maximum Gasteiger partial charge on any atom is 0.418 e. The van der Waals surface area contributed by atoms with Crippen molar-refractivity contribution in [2.24, 2.45) is 5.92 Å². The van der Waals surface area contributed by atoms with Crippen LogP contribution in [-0.2, 0) is 6.18 Å². The number of halogens is 3. The fraction of sp³-hybridized carbons (Fsp3) is 0.533. The van der Waals surface area contributed by atoms with Gasteiger partial charge in [-0.05, 0) is 44.5 Å². The molecule has 2 amide bonds. The standard InChI is InChI=1S/C15H20F3N3O/c1-19-9-11-5-4-8-21(10-11)14(22)20-13-7-3-2-6-12(13)15(16,17)18/h2-3,6-7,11,19H,4-5,8-10H2,1H3,(H,20,22). The van der Waals surface area contributed by atoms with Crippen molar-refractivity contribution >= 4 is 11.7 Å². The van der Waals surface area contributed by atoms with E-state index >= 15 is 0 Å². The minimum atomic E-state index is -4.49. The number of amides is 2. The highest BCUT2D eigenvalue weighted by Crippen LogP contribution is 2.34. The maximum atomic E-state index is 12.9. The predicted octanol–water partition coefficient (Wildman–Crippen LogP) is 3.17. The first kappa shape index (κ1) is 16.6. The Balaban J connectivity index is 2.06. The number of para-hydroxylation sites is 1. The van der Waals surface area contributed by atoms with Crippen LogP contribution in [0.1, 0.15) is 18.4 Å². The van der Waals surface area contributed by atoms with Crippen LogP contribution >= 0.6 is 0 Å². The molecule has 1 aliphatic heterocycles. The molecule has 1 aromatic carbocycles. The molecule has 0 radical (unpaired) electrons. The third-order valence-corrected chi connectivity index (χ3v) is 3.77. The number of benzene rings is 1. The smallest absolute Gasteiger partial charge is 0.324 e. The van der Waals surface area contributed by atoms with E-state index in [4.69, 9.17) is 0 Å². The number of hydrogen-bond donors (Lipinski definition) is 2. The van der Waals surface area contributed by atoms with Crippen molar-refractivity contribution in [3.63, 3.8) is 0 Å². The average molecular weight is 315 g/mol. The van der Waals surface area contributed by atoms with Gasteiger partial charge in [-0.1, -0.05) is 12.1 Å². The number of rotatable bonds is 3. The van der Waals surface area contributed by atoms with Crippen LogP contribution in [0.15, 0.2) is 24.3 Å². The average Bonchev–Trinajstić information content (AvgIpc) is 2.47. The number of nitrogens with one attached hydrogen (secondary N) is 2. The largest absolute Gasteiger partial charge is 0.418 e. The zero-order valence-electron chi connectivity index (χ0n) is 12.4. The Bertz CT molecular complexity index is 517. The molecule has 122 valence electrons. The first-order valence-corrected chi connectivity index (χ1v) is 7.28. The fourth-order valence-electron chi connectivity index (χ4n) is 2.74. The Morgan fingerprint density at radius 2 is 2.09 bits per heavy atom. The summed E-state index contributed by atoms with van der Waals surface area (Å²) in [5, 5.41) is 5.46. The van der Waals surface area contributed by atoms with Gasteiger partial charge in [-0.3, -0.25) is 0 Å². The van der Waals surface area contributed by atoms with Gasteiger partial charge < -0.3 is 15.5 Å². The second-order valence-corrected chi connectivity index (χ2v) is 5.49. The Morgan fingerprint density at radius 1 is 1.36 bits per heavy atom. The van der Waals surface area contributed by atoms with Crippen LogP contribution in [0.5, 0.6) is 0 Å². The molecular formula is C15H20F3N3O. The summed E-state index contributed by atoms with van der Waals surface area (Å²) in [6, 6.07) is 4.55. The number of anilines is 1. The normalized spacial score (nSPS) is 19.1. The Kier molecular flexibility index (Phi) is 5.28. The zero-order chi connectivity index (χ0) is 16.2. The lowest BCUT2D eigenvalue weighted by molar-refractivity contribution is -0.136. The molecule has 2 rings (SSSR count). The van der Waals surface area contributed by atoms with Crippen LogP contribution in [0, 0.1) is 5.92 Å². The van der Waals surface area contributed by atoms with Gasteiger partial charge in [-0.15, -0.1) is 0 Å². The molecule has 1 saturated heterocycles. The predicted molar refractivity (Wildman–Crippen MR) is 78.7 cm³/mol. The van der Waals surface area contributed by atoms with E-state index in [1.165, 1.54) is 18.2 Å². The molecule has 1 fully saturated rings. The van der Waals surface area contributed by atoms with E-state index in [0.29, 0.717) is 19.0 Å². The first-order valence-electron chi connectivity index (χ1n) is 7.28. The summed E-state index contributed by atoms with van der Waals surface area (Å²) in [5.41, 5.74) is -1.03. The minimum absolute atomic E-state index is 0.198. The van der Waals surface area contributed by atoms with E-state index in [1.807, 2.05) is 7.05 Å². The van der Waals surface area contributed by atoms with Crippen LogP contribution in [0.25, 0.3) is 0 Å². The van der Waals surface area contributed by atoms with Crippen molar-refractivity contribution in [1.82, 2.24) is 10.2 Å². The van der Waals surface area contributed by atoms with Crippen LogP contribution in [-0.4, -0.2) is 37.6 Å². The lowest BCUT2D eigenvalue weighted by Gasteiger charge is -2.33. The highest BCUT2D eigenvalue weighted by molar-refractivity contribution is 5.90. The SMILES string of the molecule is CNCC1CCCN(C(=O)Nc2ccccc2C(F)(F)F)C1. The van der Waals surface area contributed by atoms with Crippen LogP contribution in [0.4, 0.5) is 23.7 Å². The fourth-order valence-corrected chi connectivity index (χ4v) is 2.74. The first-order chi connectivity index (χ1) is 10.4. The summed E-state index contributed by atoms with van der Waals surface area (Å²) >= 11 is 0. The summed E-state index contributed by atoms with van der Waals surface area (Å²) in [5.74, 6) is 0.336. The van der Waals surface area contributed by atoms with Crippen molar-refractivity contribution in [3.8, 4) is 0 Å². The lowest BCUT2D eigenvalue weighted by Crippen LogP contribution is -2.44. The minimum Gasteiger partial charge on any atom is -0.324 e. The van der Waals surface area contributed by atoms with E-state index < -0.39 is 17.8 Å². The topological polar surface area (TPSA) is 44.4 Å².